The van der Waals surface area contributed by atoms with E-state index in [4.69, 9.17) is 4.42 Å². The van der Waals surface area contributed by atoms with Crippen LogP contribution >= 0.6 is 0 Å². The lowest BCUT2D eigenvalue weighted by atomic mass is 10.1. The van der Waals surface area contributed by atoms with Crippen molar-refractivity contribution in [3.8, 4) is 5.75 Å². The van der Waals surface area contributed by atoms with Crippen LogP contribution < -0.4 is 10.1 Å². The van der Waals surface area contributed by atoms with Crippen LogP contribution in [0.15, 0.2) is 64.1 Å². The topological polar surface area (TPSA) is 88.9 Å². The first-order valence-corrected chi connectivity index (χ1v) is 10.7. The van der Waals surface area contributed by atoms with Crippen LogP contribution in [0.2, 0.25) is 0 Å². The van der Waals surface area contributed by atoms with Crippen molar-refractivity contribution in [3.05, 3.63) is 60.4 Å². The number of fused-ring (bicyclic) bond motifs is 1. The summed E-state index contributed by atoms with van der Waals surface area (Å²) < 4.78 is 74.1. The molecule has 31 heavy (non-hydrogen) atoms. The Kier molecular flexibility index (Phi) is 5.40. The number of alkyl halides is 3. The fraction of sp³-hybridized carbons (Fsp3) is 0.250. The predicted octanol–water partition coefficient (Wildman–Crippen LogP) is 3.52. The predicted molar refractivity (Wildman–Crippen MR) is 104 cm³/mol. The molecule has 1 amide bonds. The number of hydrogen-bond donors (Lipinski definition) is 1. The fourth-order valence-corrected chi connectivity index (χ4v) is 5.22. The standard InChI is InChI=1S/C20H17F3N2O5S/c21-20(22,23)30-17-5-1-2-7-18(17)31(27,28)25-10-8-13(25)12-24-19(26)15-4-3-6-16-14(15)9-11-29-16/h1-7,9,11,13H,8,10,12H2,(H,24,26)/t13-/m0/s1. The van der Waals surface area contributed by atoms with E-state index < -0.39 is 39.0 Å². The van der Waals surface area contributed by atoms with Gasteiger partial charge in [-0.1, -0.05) is 18.2 Å². The van der Waals surface area contributed by atoms with E-state index in [1.54, 1.807) is 24.3 Å². The molecule has 1 aliphatic heterocycles. The first-order chi connectivity index (χ1) is 14.7. The zero-order chi connectivity index (χ0) is 22.2. The third-order valence-corrected chi connectivity index (χ3v) is 6.98. The minimum atomic E-state index is -5.03. The van der Waals surface area contributed by atoms with Crippen LogP contribution in [0.1, 0.15) is 16.8 Å². The summed E-state index contributed by atoms with van der Waals surface area (Å²) in [7, 11) is -4.25. The first kappa shape index (κ1) is 21.2. The number of amides is 1. The number of sulfonamides is 1. The molecule has 2 aromatic carbocycles. The molecule has 1 atom stereocenters. The zero-order valence-electron chi connectivity index (χ0n) is 15.9. The SMILES string of the molecule is O=C(NC[C@@H]1CCN1S(=O)(=O)c1ccccc1OC(F)(F)F)c1cccc2occc12. The van der Waals surface area contributed by atoms with Crippen LogP contribution in [0.5, 0.6) is 5.75 Å². The summed E-state index contributed by atoms with van der Waals surface area (Å²) in [6, 6.07) is 10.6. The Morgan fingerprint density at radius 1 is 1.16 bits per heavy atom. The molecule has 3 aromatic rings. The molecule has 11 heteroatoms. The second-order valence-electron chi connectivity index (χ2n) is 6.90. The molecule has 1 N–H and O–H groups in total. The number of nitrogens with one attached hydrogen (secondary N) is 1. The minimum Gasteiger partial charge on any atom is -0.464 e. The Morgan fingerprint density at radius 2 is 1.94 bits per heavy atom. The number of rotatable bonds is 6. The van der Waals surface area contributed by atoms with Crippen molar-refractivity contribution in [1.82, 2.24) is 9.62 Å². The van der Waals surface area contributed by atoms with Crippen LogP contribution in [0.4, 0.5) is 13.2 Å². The highest BCUT2D eigenvalue weighted by Crippen LogP contribution is 2.34. The number of benzene rings is 2. The largest absolute Gasteiger partial charge is 0.573 e. The van der Waals surface area contributed by atoms with Crippen LogP contribution in [0, 0.1) is 0 Å². The van der Waals surface area contributed by atoms with Crippen LogP contribution in [-0.2, 0) is 10.0 Å². The molecule has 0 spiro atoms. The maximum atomic E-state index is 12.9. The normalized spacial score (nSPS) is 17.3. The van der Waals surface area contributed by atoms with Gasteiger partial charge in [0.25, 0.3) is 5.91 Å². The van der Waals surface area contributed by atoms with Gasteiger partial charge >= 0.3 is 6.36 Å². The smallest absolute Gasteiger partial charge is 0.464 e. The molecule has 0 bridgehead atoms. The summed E-state index contributed by atoms with van der Waals surface area (Å²) in [6.45, 7) is 0.134. The molecule has 0 unspecified atom stereocenters. The lowest BCUT2D eigenvalue weighted by Crippen LogP contribution is -2.55. The summed E-state index contributed by atoms with van der Waals surface area (Å²) >= 11 is 0. The highest BCUT2D eigenvalue weighted by Gasteiger charge is 2.41. The van der Waals surface area contributed by atoms with Gasteiger partial charge in [0.2, 0.25) is 10.0 Å². The van der Waals surface area contributed by atoms with E-state index in [1.807, 2.05) is 0 Å². The van der Waals surface area contributed by atoms with Gasteiger partial charge < -0.3 is 14.5 Å². The van der Waals surface area contributed by atoms with Gasteiger partial charge in [-0.15, -0.1) is 13.2 Å². The average Bonchev–Trinajstić information content (AvgIpc) is 3.14. The Balaban J connectivity index is 1.48. The molecule has 1 aromatic heterocycles. The molecule has 7 nitrogen and oxygen atoms in total. The van der Waals surface area contributed by atoms with E-state index >= 15 is 0 Å². The van der Waals surface area contributed by atoms with Crippen LogP contribution in [-0.4, -0.2) is 44.1 Å². The Hall–Kier alpha value is -3.05. The first-order valence-electron chi connectivity index (χ1n) is 9.28. The number of carbonyl (C=O) groups is 1. The molecule has 1 aliphatic rings. The summed E-state index contributed by atoms with van der Waals surface area (Å²) in [6.07, 6.45) is -3.11. The second-order valence-corrected chi connectivity index (χ2v) is 8.76. The van der Waals surface area contributed by atoms with Crippen molar-refractivity contribution in [3.63, 3.8) is 0 Å². The van der Waals surface area contributed by atoms with Crippen molar-refractivity contribution in [1.29, 1.82) is 0 Å². The number of para-hydroxylation sites is 1. The van der Waals surface area contributed by atoms with Gasteiger partial charge in [-0.2, -0.15) is 4.31 Å². The number of furan rings is 1. The summed E-state index contributed by atoms with van der Waals surface area (Å²) in [5.41, 5.74) is 0.922. The Bertz CT molecular complexity index is 1220. The third-order valence-electron chi connectivity index (χ3n) is 4.99. The van der Waals surface area contributed by atoms with Gasteiger partial charge in [0, 0.05) is 24.5 Å². The Labute approximate surface area is 175 Å². The molecule has 4 rings (SSSR count). The van der Waals surface area contributed by atoms with Gasteiger partial charge in [-0.25, -0.2) is 8.42 Å². The van der Waals surface area contributed by atoms with Gasteiger partial charge in [-0.3, -0.25) is 4.79 Å². The molecule has 0 radical (unpaired) electrons. The van der Waals surface area contributed by atoms with Gasteiger partial charge in [0.15, 0.2) is 0 Å². The lowest BCUT2D eigenvalue weighted by Gasteiger charge is -2.39. The molecule has 1 fully saturated rings. The van der Waals surface area contributed by atoms with E-state index in [9.17, 15) is 26.4 Å². The van der Waals surface area contributed by atoms with E-state index in [1.165, 1.54) is 18.4 Å². The molecule has 0 saturated carbocycles. The van der Waals surface area contributed by atoms with Crippen molar-refractivity contribution in [2.45, 2.75) is 23.7 Å². The van der Waals surface area contributed by atoms with Gasteiger partial charge in [0.05, 0.1) is 11.8 Å². The lowest BCUT2D eigenvalue weighted by molar-refractivity contribution is -0.275. The fourth-order valence-electron chi connectivity index (χ4n) is 3.43. The number of ether oxygens (including phenoxy) is 1. The molecule has 1 saturated heterocycles. The number of halogens is 3. The van der Waals surface area contributed by atoms with Crippen molar-refractivity contribution in [2.75, 3.05) is 13.1 Å². The average molecular weight is 454 g/mol. The minimum absolute atomic E-state index is 0.00853. The summed E-state index contributed by atoms with van der Waals surface area (Å²) in [5.74, 6) is -1.20. The molecular formula is C20H17F3N2O5S. The summed E-state index contributed by atoms with van der Waals surface area (Å²) in [5, 5.41) is 3.31. The number of carbonyl (C=O) groups excluding carboxylic acids is 1. The van der Waals surface area contributed by atoms with Gasteiger partial charge in [-0.05, 0) is 36.8 Å². The highest BCUT2D eigenvalue weighted by molar-refractivity contribution is 7.89. The molecule has 2 heterocycles. The van der Waals surface area contributed by atoms with Crippen molar-refractivity contribution in [2.24, 2.45) is 0 Å². The third kappa shape index (κ3) is 4.23. The Morgan fingerprint density at radius 3 is 2.65 bits per heavy atom. The van der Waals surface area contributed by atoms with E-state index in [0.29, 0.717) is 23.0 Å². The quantitative estimate of drug-likeness (QED) is 0.616. The van der Waals surface area contributed by atoms with E-state index in [0.717, 1.165) is 16.4 Å². The van der Waals surface area contributed by atoms with Crippen molar-refractivity contribution >= 4 is 26.9 Å². The van der Waals surface area contributed by atoms with Crippen LogP contribution in [0.25, 0.3) is 11.0 Å². The molecule has 0 aliphatic carbocycles. The monoisotopic (exact) mass is 454 g/mol. The molecular weight excluding hydrogens is 437 g/mol. The van der Waals surface area contributed by atoms with Crippen LogP contribution in [0.3, 0.4) is 0 Å². The summed E-state index contributed by atoms with van der Waals surface area (Å²) in [4.78, 5) is 12.0. The second kappa shape index (κ2) is 7.89. The van der Waals surface area contributed by atoms with Gasteiger partial charge in [0.1, 0.15) is 16.2 Å². The maximum absolute atomic E-state index is 12.9. The highest BCUT2D eigenvalue weighted by atomic mass is 32.2. The maximum Gasteiger partial charge on any atom is 0.573 e. The molecule has 164 valence electrons. The van der Waals surface area contributed by atoms with E-state index in [-0.39, 0.29) is 13.1 Å². The van der Waals surface area contributed by atoms with Crippen molar-refractivity contribution < 1.29 is 35.5 Å². The number of nitrogens with zero attached hydrogens (tertiary/aromatic N) is 1. The van der Waals surface area contributed by atoms with E-state index in [2.05, 4.69) is 10.1 Å². The zero-order valence-corrected chi connectivity index (χ0v) is 16.7. The number of hydrogen-bond acceptors (Lipinski definition) is 5.